The number of carbonyl (C=O) groups excluding carboxylic acids is 2. The summed E-state index contributed by atoms with van der Waals surface area (Å²) in [4.78, 5) is 32.2. The van der Waals surface area contributed by atoms with Gasteiger partial charge in [-0.25, -0.2) is 0 Å². The number of hydrogen-bond donors (Lipinski definition) is 0. The molecule has 2 amide bonds. The van der Waals surface area contributed by atoms with Crippen molar-refractivity contribution in [2.75, 3.05) is 56.2 Å². The Morgan fingerprint density at radius 1 is 0.931 bits per heavy atom. The van der Waals surface area contributed by atoms with Gasteiger partial charge in [0.1, 0.15) is 0 Å². The standard InChI is InChI=1S/C22H24ClN3O3/c1-24-19-6-3-2-5-17(19)22(28)26(10-4-9-25-11-13-29-14-12-25)20-15-16(23)7-8-18(20)21(24)27/h2-3,5-8,15H,4,9-14H2,1H3. The monoisotopic (exact) mass is 413 g/mol. The van der Waals surface area contributed by atoms with Gasteiger partial charge in [-0.3, -0.25) is 14.5 Å². The van der Waals surface area contributed by atoms with Gasteiger partial charge in [0.25, 0.3) is 11.8 Å². The van der Waals surface area contributed by atoms with E-state index in [-0.39, 0.29) is 11.8 Å². The number of carbonyl (C=O) groups is 2. The third-order valence-electron chi connectivity index (χ3n) is 5.49. The van der Waals surface area contributed by atoms with E-state index >= 15 is 0 Å². The zero-order valence-corrected chi connectivity index (χ0v) is 17.2. The molecule has 0 radical (unpaired) electrons. The Morgan fingerprint density at radius 3 is 2.45 bits per heavy atom. The van der Waals surface area contributed by atoms with Crippen molar-refractivity contribution in [1.82, 2.24) is 4.90 Å². The van der Waals surface area contributed by atoms with Crippen molar-refractivity contribution >= 4 is 34.8 Å². The summed E-state index contributed by atoms with van der Waals surface area (Å²) in [5.74, 6) is -0.278. The van der Waals surface area contributed by atoms with Gasteiger partial charge in [-0.15, -0.1) is 0 Å². The van der Waals surface area contributed by atoms with Crippen LogP contribution in [0.25, 0.3) is 0 Å². The lowest BCUT2D eigenvalue weighted by Gasteiger charge is -2.32. The van der Waals surface area contributed by atoms with Crippen LogP contribution in [-0.4, -0.2) is 63.2 Å². The number of anilines is 2. The van der Waals surface area contributed by atoms with Crippen LogP contribution in [0.1, 0.15) is 27.1 Å². The largest absolute Gasteiger partial charge is 0.379 e. The minimum absolute atomic E-state index is 0.120. The molecule has 0 atom stereocenters. The Hall–Kier alpha value is -2.41. The lowest BCUT2D eigenvalue weighted by molar-refractivity contribution is 0.0376. The Balaban J connectivity index is 1.68. The van der Waals surface area contributed by atoms with Gasteiger partial charge in [0, 0.05) is 38.2 Å². The lowest BCUT2D eigenvalue weighted by atomic mass is 10.0. The van der Waals surface area contributed by atoms with Crippen molar-refractivity contribution in [1.29, 1.82) is 0 Å². The second-order valence-electron chi connectivity index (χ2n) is 7.31. The molecule has 7 heteroatoms. The highest BCUT2D eigenvalue weighted by Crippen LogP contribution is 2.33. The van der Waals surface area contributed by atoms with E-state index in [1.807, 2.05) is 12.1 Å². The smallest absolute Gasteiger partial charge is 0.260 e. The number of halogens is 1. The molecule has 0 unspecified atom stereocenters. The van der Waals surface area contributed by atoms with Gasteiger partial charge in [-0.2, -0.15) is 0 Å². The van der Waals surface area contributed by atoms with Crippen LogP contribution in [0.15, 0.2) is 42.5 Å². The first-order chi connectivity index (χ1) is 14.1. The highest BCUT2D eigenvalue weighted by Gasteiger charge is 2.31. The van der Waals surface area contributed by atoms with Crippen LogP contribution >= 0.6 is 11.6 Å². The van der Waals surface area contributed by atoms with E-state index in [0.29, 0.717) is 34.1 Å². The lowest BCUT2D eigenvalue weighted by Crippen LogP contribution is -2.41. The van der Waals surface area contributed by atoms with Crippen molar-refractivity contribution in [3.8, 4) is 0 Å². The van der Waals surface area contributed by atoms with Crippen LogP contribution < -0.4 is 9.80 Å². The van der Waals surface area contributed by atoms with Crippen molar-refractivity contribution in [3.63, 3.8) is 0 Å². The Bertz CT molecular complexity index is 927. The molecular weight excluding hydrogens is 390 g/mol. The normalized spacial score (nSPS) is 17.6. The second-order valence-corrected chi connectivity index (χ2v) is 7.74. The zero-order valence-electron chi connectivity index (χ0n) is 16.4. The van der Waals surface area contributed by atoms with Gasteiger partial charge in [0.2, 0.25) is 0 Å². The Labute approximate surface area is 175 Å². The molecule has 0 saturated carbocycles. The van der Waals surface area contributed by atoms with E-state index in [9.17, 15) is 9.59 Å². The first-order valence-corrected chi connectivity index (χ1v) is 10.2. The van der Waals surface area contributed by atoms with Crippen LogP contribution in [0.4, 0.5) is 11.4 Å². The first kappa shape index (κ1) is 19.9. The molecule has 0 bridgehead atoms. The van der Waals surface area contributed by atoms with Gasteiger partial charge < -0.3 is 14.5 Å². The molecule has 4 rings (SSSR count). The van der Waals surface area contributed by atoms with Crippen molar-refractivity contribution in [3.05, 3.63) is 58.6 Å². The number of nitrogens with zero attached hydrogens (tertiary/aromatic N) is 3. The molecule has 0 aliphatic carbocycles. The van der Waals surface area contributed by atoms with E-state index in [4.69, 9.17) is 16.3 Å². The SMILES string of the molecule is CN1C(=O)c2ccc(Cl)cc2N(CCCN2CCOCC2)C(=O)c2ccccc21. The summed E-state index contributed by atoms with van der Waals surface area (Å²) < 4.78 is 5.40. The van der Waals surface area contributed by atoms with E-state index in [0.717, 1.165) is 39.3 Å². The van der Waals surface area contributed by atoms with Crippen LogP contribution in [0.5, 0.6) is 0 Å². The van der Waals surface area contributed by atoms with Gasteiger partial charge in [0.05, 0.1) is 35.7 Å². The number of morpholine rings is 1. The summed E-state index contributed by atoms with van der Waals surface area (Å²) in [7, 11) is 1.70. The van der Waals surface area contributed by atoms with Crippen molar-refractivity contribution in [2.45, 2.75) is 6.42 Å². The van der Waals surface area contributed by atoms with Gasteiger partial charge in [-0.05, 0) is 36.8 Å². The van der Waals surface area contributed by atoms with E-state index in [1.54, 1.807) is 42.3 Å². The van der Waals surface area contributed by atoms with Crippen LogP contribution in [0.2, 0.25) is 5.02 Å². The molecule has 2 heterocycles. The minimum Gasteiger partial charge on any atom is -0.379 e. The summed E-state index contributed by atoms with van der Waals surface area (Å²) in [6, 6.07) is 12.3. The average molecular weight is 414 g/mol. The number of fused-ring (bicyclic) bond motifs is 2. The zero-order chi connectivity index (χ0) is 20.4. The quantitative estimate of drug-likeness (QED) is 0.771. The number of rotatable bonds is 4. The van der Waals surface area contributed by atoms with Gasteiger partial charge >= 0.3 is 0 Å². The molecule has 152 valence electrons. The first-order valence-electron chi connectivity index (χ1n) is 9.85. The Kier molecular flexibility index (Phi) is 5.85. The molecule has 2 aliphatic rings. The fraction of sp³-hybridized carbons (Fsp3) is 0.364. The summed E-state index contributed by atoms with van der Waals surface area (Å²) in [6.45, 7) is 4.68. The molecule has 2 aromatic rings. The maximum atomic E-state index is 13.5. The Morgan fingerprint density at radius 2 is 1.66 bits per heavy atom. The van der Waals surface area contributed by atoms with E-state index in [1.165, 1.54) is 4.90 Å². The average Bonchev–Trinajstić information content (AvgIpc) is 2.75. The molecule has 1 saturated heterocycles. The van der Waals surface area contributed by atoms with E-state index < -0.39 is 0 Å². The van der Waals surface area contributed by atoms with Crippen molar-refractivity contribution < 1.29 is 14.3 Å². The molecule has 2 aliphatic heterocycles. The third kappa shape index (κ3) is 4.01. The molecule has 0 aromatic heterocycles. The molecule has 6 nitrogen and oxygen atoms in total. The number of amides is 2. The fourth-order valence-electron chi connectivity index (χ4n) is 3.90. The van der Waals surface area contributed by atoms with Crippen LogP contribution in [-0.2, 0) is 4.74 Å². The number of hydrogen-bond acceptors (Lipinski definition) is 4. The number of benzene rings is 2. The van der Waals surface area contributed by atoms with Crippen LogP contribution in [0.3, 0.4) is 0 Å². The highest BCUT2D eigenvalue weighted by molar-refractivity contribution is 6.31. The van der Waals surface area contributed by atoms with Gasteiger partial charge in [0.15, 0.2) is 0 Å². The predicted molar refractivity (Wildman–Crippen MR) is 114 cm³/mol. The maximum Gasteiger partial charge on any atom is 0.260 e. The highest BCUT2D eigenvalue weighted by atomic mass is 35.5. The summed E-state index contributed by atoms with van der Waals surface area (Å²) in [5.41, 5.74) is 2.17. The molecule has 29 heavy (non-hydrogen) atoms. The molecule has 2 aromatic carbocycles. The number of para-hydroxylation sites is 1. The predicted octanol–water partition coefficient (Wildman–Crippen LogP) is 3.30. The number of ether oxygens (including phenoxy) is 1. The topological polar surface area (TPSA) is 53.1 Å². The second kappa shape index (κ2) is 8.53. The van der Waals surface area contributed by atoms with E-state index in [2.05, 4.69) is 4.90 Å². The fourth-order valence-corrected chi connectivity index (χ4v) is 4.07. The summed E-state index contributed by atoms with van der Waals surface area (Å²) in [6.07, 6.45) is 0.796. The van der Waals surface area contributed by atoms with Crippen molar-refractivity contribution in [2.24, 2.45) is 0 Å². The molecule has 1 fully saturated rings. The molecular formula is C22H24ClN3O3. The minimum atomic E-state index is -0.158. The molecule has 0 spiro atoms. The van der Waals surface area contributed by atoms with Gasteiger partial charge in [-0.1, -0.05) is 23.7 Å². The third-order valence-corrected chi connectivity index (χ3v) is 5.72. The summed E-state index contributed by atoms with van der Waals surface area (Å²) >= 11 is 6.24. The molecule has 0 N–H and O–H groups in total. The summed E-state index contributed by atoms with van der Waals surface area (Å²) in [5, 5.41) is 0.499. The maximum absolute atomic E-state index is 13.5. The van der Waals surface area contributed by atoms with Crippen LogP contribution in [0, 0.1) is 0 Å².